The molecule has 0 bridgehead atoms. The molecule has 2 aliphatic heterocycles. The highest BCUT2D eigenvalue weighted by Crippen LogP contribution is 2.22. The van der Waals surface area contributed by atoms with Crippen LogP contribution in [0.5, 0.6) is 0 Å². The number of nitrogens with zero attached hydrogens (tertiary/aromatic N) is 1. The molecule has 0 aromatic heterocycles. The van der Waals surface area contributed by atoms with E-state index in [1.54, 1.807) is 7.11 Å². The van der Waals surface area contributed by atoms with Gasteiger partial charge < -0.3 is 10.1 Å². The van der Waals surface area contributed by atoms with Crippen LogP contribution in [0.3, 0.4) is 0 Å². The van der Waals surface area contributed by atoms with Gasteiger partial charge >= 0.3 is 0 Å². The minimum atomic E-state index is -3.48. The fraction of sp³-hybridized carbons (Fsp3) is 0.625. The molecule has 136 valence electrons. The van der Waals surface area contributed by atoms with Crippen LogP contribution in [0.2, 0.25) is 0 Å². The largest absolute Gasteiger partial charge is 0.383 e. The molecule has 1 fully saturated rings. The minimum Gasteiger partial charge on any atom is -0.383 e. The Morgan fingerprint density at radius 3 is 2.75 bits per heavy atom. The van der Waals surface area contributed by atoms with E-state index in [1.165, 1.54) is 9.87 Å². The second kappa shape index (κ2) is 8.12. The normalized spacial score (nSPS) is 24.4. The van der Waals surface area contributed by atoms with Crippen LogP contribution in [0.15, 0.2) is 24.3 Å². The van der Waals surface area contributed by atoms with Crippen LogP contribution < -0.4 is 10.0 Å². The first-order chi connectivity index (χ1) is 11.0. The third-order valence-corrected chi connectivity index (χ3v) is 6.28. The molecule has 8 heteroatoms. The van der Waals surface area contributed by atoms with Crippen LogP contribution in [0.1, 0.15) is 24.0 Å². The van der Waals surface area contributed by atoms with Crippen LogP contribution in [0.4, 0.5) is 0 Å². The number of hydrogen-bond acceptors (Lipinski definition) is 4. The van der Waals surface area contributed by atoms with Gasteiger partial charge in [0.25, 0.3) is 10.2 Å². The van der Waals surface area contributed by atoms with E-state index in [1.807, 2.05) is 18.2 Å². The number of halogens is 1. The van der Waals surface area contributed by atoms with Crippen LogP contribution >= 0.6 is 12.4 Å². The van der Waals surface area contributed by atoms with Gasteiger partial charge in [-0.25, -0.2) is 4.72 Å². The highest BCUT2D eigenvalue weighted by atomic mass is 35.5. The molecule has 0 aliphatic carbocycles. The Kier molecular flexibility index (Phi) is 6.64. The van der Waals surface area contributed by atoms with Gasteiger partial charge in [-0.05, 0) is 36.9 Å². The van der Waals surface area contributed by atoms with Crippen molar-refractivity contribution in [3.63, 3.8) is 0 Å². The van der Waals surface area contributed by atoms with Crippen molar-refractivity contribution in [2.24, 2.45) is 0 Å². The lowest BCUT2D eigenvalue weighted by molar-refractivity contribution is 0.122. The van der Waals surface area contributed by atoms with E-state index >= 15 is 0 Å². The van der Waals surface area contributed by atoms with Crippen molar-refractivity contribution in [1.82, 2.24) is 14.3 Å². The summed E-state index contributed by atoms with van der Waals surface area (Å²) in [6.07, 6.45) is 2.73. The summed E-state index contributed by atoms with van der Waals surface area (Å²) < 4.78 is 34.9. The van der Waals surface area contributed by atoms with Gasteiger partial charge in [0.1, 0.15) is 0 Å². The first-order valence-corrected chi connectivity index (χ1v) is 9.54. The van der Waals surface area contributed by atoms with Crippen molar-refractivity contribution in [3.05, 3.63) is 35.4 Å². The minimum absolute atomic E-state index is 0. The van der Waals surface area contributed by atoms with Crippen molar-refractivity contribution in [2.75, 3.05) is 33.4 Å². The molecule has 2 aliphatic rings. The summed E-state index contributed by atoms with van der Waals surface area (Å²) >= 11 is 0. The summed E-state index contributed by atoms with van der Waals surface area (Å²) in [5.74, 6) is 0. The van der Waals surface area contributed by atoms with Gasteiger partial charge in [0.2, 0.25) is 0 Å². The van der Waals surface area contributed by atoms with E-state index in [2.05, 4.69) is 16.1 Å². The van der Waals surface area contributed by atoms with Crippen molar-refractivity contribution in [1.29, 1.82) is 0 Å². The molecule has 2 heterocycles. The Bertz CT molecular complexity index is 648. The number of methoxy groups -OCH3 is 1. The SMILES string of the molecule is COCC1(CNS(=O)(=O)N2CCc3ccccc3C2)CCCN1.Cl. The number of fused-ring (bicyclic) bond motifs is 1. The zero-order valence-corrected chi connectivity index (χ0v) is 15.6. The van der Waals surface area contributed by atoms with Gasteiger partial charge in [-0.15, -0.1) is 12.4 Å². The van der Waals surface area contributed by atoms with E-state index in [4.69, 9.17) is 4.74 Å². The standard InChI is InChI=1S/C16H25N3O3S.ClH/c1-22-13-16(8-4-9-17-16)12-18-23(20,21)19-10-7-14-5-2-3-6-15(14)11-19;/h2-3,5-6,17-18H,4,7-13H2,1H3;1H. The van der Waals surface area contributed by atoms with Crippen LogP contribution in [0.25, 0.3) is 0 Å². The molecule has 1 aromatic rings. The maximum absolute atomic E-state index is 12.6. The Morgan fingerprint density at radius 1 is 1.33 bits per heavy atom. The molecular formula is C16H26ClN3O3S. The van der Waals surface area contributed by atoms with Crippen LogP contribution in [-0.2, 0) is 27.9 Å². The Labute approximate surface area is 150 Å². The van der Waals surface area contributed by atoms with Gasteiger partial charge in [0, 0.05) is 26.7 Å². The van der Waals surface area contributed by atoms with Crippen molar-refractivity contribution >= 4 is 22.6 Å². The molecule has 0 amide bonds. The molecule has 1 unspecified atom stereocenters. The predicted molar refractivity (Wildman–Crippen MR) is 96.6 cm³/mol. The Balaban J connectivity index is 0.00000208. The predicted octanol–water partition coefficient (Wildman–Crippen LogP) is 1.07. The van der Waals surface area contributed by atoms with Crippen molar-refractivity contribution in [2.45, 2.75) is 31.3 Å². The second-order valence-electron chi connectivity index (χ2n) is 6.42. The maximum Gasteiger partial charge on any atom is 0.279 e. The van der Waals surface area contributed by atoms with Gasteiger partial charge in [-0.2, -0.15) is 12.7 Å². The molecule has 1 atom stereocenters. The van der Waals surface area contributed by atoms with E-state index in [0.717, 1.165) is 31.4 Å². The fourth-order valence-electron chi connectivity index (χ4n) is 3.47. The van der Waals surface area contributed by atoms with Gasteiger partial charge in [-0.3, -0.25) is 0 Å². The molecule has 2 N–H and O–H groups in total. The Hall–Kier alpha value is -0.700. The third-order valence-electron chi connectivity index (χ3n) is 4.78. The molecule has 1 aromatic carbocycles. The number of hydrogen-bond donors (Lipinski definition) is 2. The Morgan fingerprint density at radius 2 is 2.08 bits per heavy atom. The molecule has 0 spiro atoms. The van der Waals surface area contributed by atoms with Crippen molar-refractivity contribution in [3.8, 4) is 0 Å². The van der Waals surface area contributed by atoms with E-state index < -0.39 is 10.2 Å². The topological polar surface area (TPSA) is 70.7 Å². The molecule has 0 radical (unpaired) electrons. The molecule has 3 rings (SSSR count). The van der Waals surface area contributed by atoms with Crippen molar-refractivity contribution < 1.29 is 13.2 Å². The second-order valence-corrected chi connectivity index (χ2v) is 8.18. The van der Waals surface area contributed by atoms with Crippen LogP contribution in [-0.4, -0.2) is 51.6 Å². The number of rotatable bonds is 6. The average molecular weight is 376 g/mol. The fourth-order valence-corrected chi connectivity index (χ4v) is 4.75. The van der Waals surface area contributed by atoms with E-state index in [-0.39, 0.29) is 17.9 Å². The summed E-state index contributed by atoms with van der Waals surface area (Å²) in [5.41, 5.74) is 2.05. The van der Waals surface area contributed by atoms with Gasteiger partial charge in [0.15, 0.2) is 0 Å². The molecular weight excluding hydrogens is 350 g/mol. The lowest BCUT2D eigenvalue weighted by Gasteiger charge is -2.32. The van der Waals surface area contributed by atoms with E-state index in [0.29, 0.717) is 26.2 Å². The lowest BCUT2D eigenvalue weighted by Crippen LogP contribution is -2.55. The molecule has 6 nitrogen and oxygen atoms in total. The maximum atomic E-state index is 12.6. The molecule has 24 heavy (non-hydrogen) atoms. The highest BCUT2D eigenvalue weighted by molar-refractivity contribution is 7.87. The third kappa shape index (κ3) is 4.28. The first-order valence-electron chi connectivity index (χ1n) is 8.10. The zero-order chi connectivity index (χ0) is 16.3. The summed E-state index contributed by atoms with van der Waals surface area (Å²) in [5, 5.41) is 3.39. The zero-order valence-electron chi connectivity index (χ0n) is 14.0. The number of ether oxygens (including phenoxy) is 1. The van der Waals surface area contributed by atoms with Gasteiger partial charge in [-0.1, -0.05) is 24.3 Å². The summed E-state index contributed by atoms with van der Waals surface area (Å²) in [7, 11) is -1.83. The molecule has 0 saturated carbocycles. The highest BCUT2D eigenvalue weighted by Gasteiger charge is 2.36. The quantitative estimate of drug-likeness (QED) is 0.780. The summed E-state index contributed by atoms with van der Waals surface area (Å²) in [6, 6.07) is 8.03. The lowest BCUT2D eigenvalue weighted by atomic mass is 9.99. The average Bonchev–Trinajstić information content (AvgIpc) is 3.02. The smallest absolute Gasteiger partial charge is 0.279 e. The summed E-state index contributed by atoms with van der Waals surface area (Å²) in [4.78, 5) is 0. The first kappa shape index (κ1) is 19.6. The van der Waals surface area contributed by atoms with Crippen LogP contribution in [0, 0.1) is 0 Å². The monoisotopic (exact) mass is 375 g/mol. The number of nitrogens with one attached hydrogen (secondary N) is 2. The summed E-state index contributed by atoms with van der Waals surface area (Å²) in [6.45, 7) is 2.75. The van der Waals surface area contributed by atoms with E-state index in [9.17, 15) is 8.42 Å². The number of benzene rings is 1. The van der Waals surface area contributed by atoms with Gasteiger partial charge in [0.05, 0.1) is 12.1 Å². The molecule has 1 saturated heterocycles.